The quantitative estimate of drug-likeness (QED) is 0.458. The van der Waals surface area contributed by atoms with E-state index in [0.29, 0.717) is 6.54 Å². The number of benzene rings is 3. The van der Waals surface area contributed by atoms with Gasteiger partial charge >= 0.3 is 0 Å². The van der Waals surface area contributed by atoms with Gasteiger partial charge in [-0.25, -0.2) is 0 Å². The van der Waals surface area contributed by atoms with Crippen molar-refractivity contribution in [2.45, 2.75) is 19.3 Å². The number of nitrogens with one attached hydrogen (secondary N) is 1. The normalized spacial score (nSPS) is 14.1. The lowest BCUT2D eigenvalue weighted by Crippen LogP contribution is -2.47. The van der Waals surface area contributed by atoms with Gasteiger partial charge in [-0.1, -0.05) is 48.5 Å². The van der Waals surface area contributed by atoms with Crippen LogP contribution in [0.3, 0.4) is 0 Å². The van der Waals surface area contributed by atoms with Gasteiger partial charge in [0, 0.05) is 44.0 Å². The second-order valence-corrected chi connectivity index (χ2v) is 8.78. The summed E-state index contributed by atoms with van der Waals surface area (Å²) < 4.78 is 5.25. The number of methoxy groups -OCH3 is 1. The molecule has 34 heavy (non-hydrogen) atoms. The number of piperazine rings is 1. The Bertz CT molecular complexity index is 1030. The third-order valence-corrected chi connectivity index (χ3v) is 6.53. The van der Waals surface area contributed by atoms with Crippen molar-refractivity contribution in [1.29, 1.82) is 0 Å². The number of hydrogen-bond acceptors (Lipinski definition) is 4. The van der Waals surface area contributed by atoms with E-state index in [4.69, 9.17) is 4.74 Å². The molecule has 5 nitrogen and oxygen atoms in total. The van der Waals surface area contributed by atoms with Crippen LogP contribution in [-0.2, 0) is 12.8 Å². The van der Waals surface area contributed by atoms with Crippen molar-refractivity contribution in [2.75, 3.05) is 51.3 Å². The van der Waals surface area contributed by atoms with Gasteiger partial charge in [0.25, 0.3) is 5.91 Å². The van der Waals surface area contributed by atoms with Crippen molar-refractivity contribution in [3.05, 3.63) is 95.6 Å². The second-order valence-electron chi connectivity index (χ2n) is 8.78. The molecule has 3 aromatic carbocycles. The Kier molecular flexibility index (Phi) is 8.58. The Morgan fingerprint density at radius 2 is 1.56 bits per heavy atom. The maximum absolute atomic E-state index is 12.8. The molecule has 1 saturated heterocycles. The van der Waals surface area contributed by atoms with E-state index in [0.717, 1.165) is 68.9 Å². The van der Waals surface area contributed by atoms with E-state index in [9.17, 15) is 4.79 Å². The maximum atomic E-state index is 12.8. The smallest absolute Gasteiger partial charge is 0.251 e. The zero-order valence-corrected chi connectivity index (χ0v) is 20.1. The molecule has 1 fully saturated rings. The molecule has 1 heterocycles. The van der Waals surface area contributed by atoms with E-state index in [1.807, 2.05) is 36.4 Å². The highest BCUT2D eigenvalue weighted by Gasteiger charge is 2.17. The fourth-order valence-corrected chi connectivity index (χ4v) is 4.51. The highest BCUT2D eigenvalue weighted by Crippen LogP contribution is 2.20. The van der Waals surface area contributed by atoms with Crippen molar-refractivity contribution in [3.63, 3.8) is 0 Å². The summed E-state index contributed by atoms with van der Waals surface area (Å²) >= 11 is 0. The predicted molar refractivity (Wildman–Crippen MR) is 139 cm³/mol. The fourth-order valence-electron chi connectivity index (χ4n) is 4.51. The average Bonchev–Trinajstić information content (AvgIpc) is 2.91. The van der Waals surface area contributed by atoms with Gasteiger partial charge in [0.1, 0.15) is 5.75 Å². The third kappa shape index (κ3) is 6.61. The monoisotopic (exact) mass is 457 g/mol. The highest BCUT2D eigenvalue weighted by atomic mass is 16.5. The molecule has 0 radical (unpaired) electrons. The van der Waals surface area contributed by atoms with Crippen LogP contribution in [0.4, 0.5) is 5.69 Å². The minimum absolute atomic E-state index is 0.0352. The van der Waals surface area contributed by atoms with Crippen molar-refractivity contribution in [1.82, 2.24) is 10.2 Å². The molecule has 1 N–H and O–H groups in total. The SMILES string of the molecule is COc1ccc(N2CCN(CCCNC(=O)c3ccccc3CCc3ccccc3)CC2)cc1. The maximum Gasteiger partial charge on any atom is 0.251 e. The van der Waals surface area contributed by atoms with Gasteiger partial charge in [0.2, 0.25) is 0 Å². The lowest BCUT2D eigenvalue weighted by Gasteiger charge is -2.36. The second kappa shape index (κ2) is 12.2. The standard InChI is InChI=1S/C29H35N3O2/c1-34-27-16-14-26(15-17-27)32-22-20-31(21-23-32)19-7-18-30-29(33)28-11-6-5-10-25(28)13-12-24-8-3-2-4-9-24/h2-6,8-11,14-17H,7,12-13,18-23H2,1H3,(H,30,33). The number of nitrogens with zero attached hydrogens (tertiary/aromatic N) is 2. The Labute approximate surface area is 203 Å². The van der Waals surface area contributed by atoms with Crippen LogP contribution < -0.4 is 15.0 Å². The van der Waals surface area contributed by atoms with E-state index >= 15 is 0 Å². The molecule has 5 heteroatoms. The number of carbonyl (C=O) groups is 1. The molecule has 0 aromatic heterocycles. The van der Waals surface area contributed by atoms with Gasteiger partial charge < -0.3 is 15.0 Å². The molecule has 0 bridgehead atoms. The van der Waals surface area contributed by atoms with Crippen molar-refractivity contribution < 1.29 is 9.53 Å². The van der Waals surface area contributed by atoms with Crippen molar-refractivity contribution in [3.8, 4) is 5.75 Å². The Morgan fingerprint density at radius 1 is 0.853 bits per heavy atom. The Hall–Kier alpha value is -3.31. The highest BCUT2D eigenvalue weighted by molar-refractivity contribution is 5.95. The lowest BCUT2D eigenvalue weighted by molar-refractivity contribution is 0.0950. The third-order valence-electron chi connectivity index (χ3n) is 6.53. The summed E-state index contributed by atoms with van der Waals surface area (Å²) in [6.45, 7) is 5.84. The fraction of sp³-hybridized carbons (Fsp3) is 0.345. The van der Waals surface area contributed by atoms with Crippen LogP contribution in [0.2, 0.25) is 0 Å². The van der Waals surface area contributed by atoms with E-state index in [1.165, 1.54) is 11.3 Å². The number of aryl methyl sites for hydroxylation is 2. The Morgan fingerprint density at radius 3 is 2.29 bits per heavy atom. The predicted octanol–water partition coefficient (Wildman–Crippen LogP) is 4.42. The van der Waals surface area contributed by atoms with Gasteiger partial charge in [-0.2, -0.15) is 0 Å². The average molecular weight is 458 g/mol. The molecule has 1 amide bonds. The summed E-state index contributed by atoms with van der Waals surface area (Å²) in [4.78, 5) is 17.7. The van der Waals surface area contributed by atoms with Gasteiger partial charge in [0.15, 0.2) is 0 Å². The van der Waals surface area contributed by atoms with Crippen LogP contribution in [0.25, 0.3) is 0 Å². The van der Waals surface area contributed by atoms with Crippen molar-refractivity contribution >= 4 is 11.6 Å². The zero-order chi connectivity index (χ0) is 23.6. The van der Waals surface area contributed by atoms with Crippen LogP contribution in [0.1, 0.15) is 27.9 Å². The number of rotatable bonds is 10. The summed E-state index contributed by atoms with van der Waals surface area (Å²) in [6.07, 6.45) is 2.76. The first-order valence-electron chi connectivity index (χ1n) is 12.2. The minimum atomic E-state index is 0.0352. The van der Waals surface area contributed by atoms with Gasteiger partial charge in [0.05, 0.1) is 7.11 Å². The molecule has 1 aliphatic rings. The molecule has 0 saturated carbocycles. The lowest BCUT2D eigenvalue weighted by atomic mass is 9.99. The van der Waals surface area contributed by atoms with Crippen LogP contribution in [0.5, 0.6) is 5.75 Å². The van der Waals surface area contributed by atoms with Crippen LogP contribution in [0.15, 0.2) is 78.9 Å². The van der Waals surface area contributed by atoms with Crippen LogP contribution in [-0.4, -0.2) is 57.2 Å². The van der Waals surface area contributed by atoms with Crippen LogP contribution >= 0.6 is 0 Å². The number of anilines is 1. The number of carbonyl (C=O) groups excluding carboxylic acids is 1. The first-order chi connectivity index (χ1) is 16.7. The largest absolute Gasteiger partial charge is 0.497 e. The van der Waals surface area contributed by atoms with E-state index in [-0.39, 0.29) is 5.91 Å². The summed E-state index contributed by atoms with van der Waals surface area (Å²) in [5, 5.41) is 3.13. The number of amides is 1. The molecule has 1 aliphatic heterocycles. The van der Waals surface area contributed by atoms with E-state index < -0.39 is 0 Å². The molecular formula is C29H35N3O2. The first kappa shape index (κ1) is 23.8. The molecule has 0 aliphatic carbocycles. The van der Waals surface area contributed by atoms with E-state index in [1.54, 1.807) is 7.11 Å². The minimum Gasteiger partial charge on any atom is -0.497 e. The molecule has 3 aromatic rings. The van der Waals surface area contributed by atoms with Gasteiger partial charge in [-0.05, 0) is 67.3 Å². The summed E-state index contributed by atoms with van der Waals surface area (Å²) in [5.41, 5.74) is 4.45. The Balaban J connectivity index is 1.18. The number of ether oxygens (including phenoxy) is 1. The van der Waals surface area contributed by atoms with Crippen molar-refractivity contribution in [2.24, 2.45) is 0 Å². The van der Waals surface area contributed by atoms with E-state index in [2.05, 4.69) is 57.6 Å². The zero-order valence-electron chi connectivity index (χ0n) is 20.1. The summed E-state index contributed by atoms with van der Waals surface area (Å²) in [5.74, 6) is 0.927. The summed E-state index contributed by atoms with van der Waals surface area (Å²) in [7, 11) is 1.70. The van der Waals surface area contributed by atoms with Gasteiger partial charge in [-0.3, -0.25) is 9.69 Å². The van der Waals surface area contributed by atoms with Crippen LogP contribution in [0, 0.1) is 0 Å². The molecular weight excluding hydrogens is 422 g/mol. The molecule has 0 atom stereocenters. The number of hydrogen-bond donors (Lipinski definition) is 1. The molecule has 0 spiro atoms. The van der Waals surface area contributed by atoms with Gasteiger partial charge in [-0.15, -0.1) is 0 Å². The summed E-state index contributed by atoms with van der Waals surface area (Å²) in [6, 6.07) is 26.7. The molecule has 0 unspecified atom stereocenters. The molecule has 4 rings (SSSR count). The first-order valence-corrected chi connectivity index (χ1v) is 12.2. The molecule has 178 valence electrons. The topological polar surface area (TPSA) is 44.8 Å².